The van der Waals surface area contributed by atoms with Crippen molar-refractivity contribution in [3.8, 4) is 11.4 Å². The lowest BCUT2D eigenvalue weighted by atomic mass is 10.2. The zero-order valence-electron chi connectivity index (χ0n) is 9.89. The van der Waals surface area contributed by atoms with E-state index in [0.29, 0.717) is 0 Å². The SMILES string of the molecule is CNc1cccc(-c2nc(Br)c3ccccn23)c1. The van der Waals surface area contributed by atoms with Gasteiger partial charge in [-0.2, -0.15) is 0 Å². The third kappa shape index (κ3) is 1.78. The van der Waals surface area contributed by atoms with Gasteiger partial charge in [0.2, 0.25) is 0 Å². The Hall–Kier alpha value is -1.81. The Balaban J connectivity index is 2.25. The van der Waals surface area contributed by atoms with Crippen molar-refractivity contribution in [3.63, 3.8) is 0 Å². The number of hydrogen-bond acceptors (Lipinski definition) is 2. The second-order valence-electron chi connectivity index (χ2n) is 4.01. The van der Waals surface area contributed by atoms with Crippen molar-refractivity contribution in [2.75, 3.05) is 12.4 Å². The highest BCUT2D eigenvalue weighted by Crippen LogP contribution is 2.27. The summed E-state index contributed by atoms with van der Waals surface area (Å²) in [6, 6.07) is 14.3. The van der Waals surface area contributed by atoms with E-state index in [-0.39, 0.29) is 0 Å². The highest BCUT2D eigenvalue weighted by Gasteiger charge is 2.10. The molecule has 90 valence electrons. The minimum Gasteiger partial charge on any atom is -0.388 e. The van der Waals surface area contributed by atoms with Gasteiger partial charge in [-0.15, -0.1) is 0 Å². The maximum Gasteiger partial charge on any atom is 0.145 e. The van der Waals surface area contributed by atoms with Crippen molar-refractivity contribution in [2.45, 2.75) is 0 Å². The number of aromatic nitrogens is 2. The van der Waals surface area contributed by atoms with Crippen LogP contribution in [0, 0.1) is 0 Å². The number of pyridine rings is 1. The Labute approximate surface area is 114 Å². The molecule has 0 spiro atoms. The van der Waals surface area contributed by atoms with Gasteiger partial charge in [-0.05, 0) is 40.2 Å². The van der Waals surface area contributed by atoms with E-state index in [1.807, 2.05) is 43.6 Å². The Kier molecular flexibility index (Phi) is 2.80. The molecule has 0 radical (unpaired) electrons. The van der Waals surface area contributed by atoms with Gasteiger partial charge in [0.05, 0.1) is 5.52 Å². The fraction of sp³-hybridized carbons (Fsp3) is 0.0714. The van der Waals surface area contributed by atoms with E-state index in [1.54, 1.807) is 0 Å². The summed E-state index contributed by atoms with van der Waals surface area (Å²) >= 11 is 3.50. The summed E-state index contributed by atoms with van der Waals surface area (Å²) in [6.45, 7) is 0. The molecule has 2 aromatic heterocycles. The van der Waals surface area contributed by atoms with Crippen LogP contribution in [0.2, 0.25) is 0 Å². The molecule has 0 bridgehead atoms. The molecule has 3 nitrogen and oxygen atoms in total. The van der Waals surface area contributed by atoms with Crippen molar-refractivity contribution in [2.24, 2.45) is 0 Å². The van der Waals surface area contributed by atoms with Gasteiger partial charge in [0.25, 0.3) is 0 Å². The quantitative estimate of drug-likeness (QED) is 0.780. The maximum absolute atomic E-state index is 4.59. The summed E-state index contributed by atoms with van der Waals surface area (Å²) in [5.74, 6) is 0.939. The smallest absolute Gasteiger partial charge is 0.145 e. The molecule has 1 N–H and O–H groups in total. The van der Waals surface area contributed by atoms with Crippen LogP contribution in [0.25, 0.3) is 16.9 Å². The lowest BCUT2D eigenvalue weighted by molar-refractivity contribution is 1.16. The lowest BCUT2D eigenvalue weighted by Gasteiger charge is -2.04. The summed E-state index contributed by atoms with van der Waals surface area (Å²) in [6.07, 6.45) is 2.02. The molecular formula is C14H12BrN3. The number of halogens is 1. The van der Waals surface area contributed by atoms with Crippen LogP contribution in [0.1, 0.15) is 0 Å². The van der Waals surface area contributed by atoms with Crippen LogP contribution in [0.3, 0.4) is 0 Å². The molecule has 3 aromatic rings. The Morgan fingerprint density at radius 2 is 2.06 bits per heavy atom. The van der Waals surface area contributed by atoms with Crippen molar-refractivity contribution < 1.29 is 0 Å². The second-order valence-corrected chi connectivity index (χ2v) is 4.76. The molecule has 0 aliphatic heterocycles. The predicted molar refractivity (Wildman–Crippen MR) is 77.9 cm³/mol. The summed E-state index contributed by atoms with van der Waals surface area (Å²) in [5, 5.41) is 3.14. The zero-order valence-corrected chi connectivity index (χ0v) is 11.5. The normalized spacial score (nSPS) is 10.8. The monoisotopic (exact) mass is 301 g/mol. The van der Waals surface area contributed by atoms with Crippen LogP contribution in [0.4, 0.5) is 5.69 Å². The Bertz CT molecular complexity index is 703. The summed E-state index contributed by atoms with van der Waals surface area (Å²) < 4.78 is 2.95. The molecule has 0 unspecified atom stereocenters. The van der Waals surface area contributed by atoms with Crippen molar-refractivity contribution in [3.05, 3.63) is 53.3 Å². The first-order chi connectivity index (χ1) is 8.79. The minimum atomic E-state index is 0.868. The number of rotatable bonds is 2. The average Bonchev–Trinajstić information content (AvgIpc) is 2.77. The second kappa shape index (κ2) is 4.46. The minimum absolute atomic E-state index is 0.868. The van der Waals surface area contributed by atoms with Crippen LogP contribution in [-0.2, 0) is 0 Å². The molecule has 0 atom stereocenters. The lowest BCUT2D eigenvalue weighted by Crippen LogP contribution is -1.91. The number of nitrogens with one attached hydrogen (secondary N) is 1. The molecule has 18 heavy (non-hydrogen) atoms. The molecule has 3 rings (SSSR count). The third-order valence-electron chi connectivity index (χ3n) is 2.91. The van der Waals surface area contributed by atoms with Crippen molar-refractivity contribution in [1.29, 1.82) is 0 Å². The molecule has 0 aliphatic rings. The van der Waals surface area contributed by atoms with Gasteiger partial charge in [-0.1, -0.05) is 18.2 Å². The van der Waals surface area contributed by atoms with E-state index in [1.165, 1.54) is 0 Å². The molecule has 2 heterocycles. The number of nitrogens with zero attached hydrogens (tertiary/aromatic N) is 2. The van der Waals surface area contributed by atoms with Gasteiger partial charge in [0.15, 0.2) is 0 Å². The topological polar surface area (TPSA) is 29.3 Å². The number of fused-ring (bicyclic) bond motifs is 1. The van der Waals surface area contributed by atoms with Crippen LogP contribution in [0.5, 0.6) is 0 Å². The van der Waals surface area contributed by atoms with Crippen LogP contribution in [0.15, 0.2) is 53.3 Å². The van der Waals surface area contributed by atoms with Crippen LogP contribution < -0.4 is 5.32 Å². The predicted octanol–water partition coefficient (Wildman–Crippen LogP) is 3.81. The van der Waals surface area contributed by atoms with Crippen LogP contribution >= 0.6 is 15.9 Å². The summed E-state index contributed by atoms with van der Waals surface area (Å²) in [5.41, 5.74) is 3.24. The molecule has 1 aromatic carbocycles. The van der Waals surface area contributed by atoms with E-state index in [2.05, 4.69) is 42.8 Å². The summed E-state index contributed by atoms with van der Waals surface area (Å²) in [4.78, 5) is 4.59. The molecule has 0 aliphatic carbocycles. The van der Waals surface area contributed by atoms with E-state index in [0.717, 1.165) is 27.2 Å². The Morgan fingerprint density at radius 3 is 2.89 bits per heavy atom. The third-order valence-corrected chi connectivity index (χ3v) is 3.50. The molecule has 0 amide bonds. The van der Waals surface area contributed by atoms with Gasteiger partial charge in [-0.3, -0.25) is 4.40 Å². The summed E-state index contributed by atoms with van der Waals surface area (Å²) in [7, 11) is 1.92. The van der Waals surface area contributed by atoms with Crippen molar-refractivity contribution >= 4 is 27.1 Å². The fourth-order valence-electron chi connectivity index (χ4n) is 2.02. The number of anilines is 1. The molecule has 0 saturated carbocycles. The van der Waals surface area contributed by atoms with Crippen molar-refractivity contribution in [1.82, 2.24) is 9.38 Å². The standard InChI is InChI=1S/C14H12BrN3/c1-16-11-6-4-5-10(9-11)14-17-13(15)12-7-2-3-8-18(12)14/h2-9,16H,1H3. The van der Waals surface area contributed by atoms with E-state index < -0.39 is 0 Å². The largest absolute Gasteiger partial charge is 0.388 e. The molecule has 0 fully saturated rings. The first kappa shape index (κ1) is 11.3. The highest BCUT2D eigenvalue weighted by atomic mass is 79.9. The molecular weight excluding hydrogens is 290 g/mol. The van der Waals surface area contributed by atoms with Gasteiger partial charge < -0.3 is 5.32 Å². The number of benzene rings is 1. The van der Waals surface area contributed by atoms with Crippen LogP contribution in [-0.4, -0.2) is 16.4 Å². The first-order valence-corrected chi connectivity index (χ1v) is 6.49. The van der Waals surface area contributed by atoms with Gasteiger partial charge in [0.1, 0.15) is 10.4 Å². The fourth-order valence-corrected chi connectivity index (χ4v) is 2.51. The van der Waals surface area contributed by atoms with Gasteiger partial charge >= 0.3 is 0 Å². The van der Waals surface area contributed by atoms with E-state index >= 15 is 0 Å². The molecule has 0 saturated heterocycles. The van der Waals surface area contributed by atoms with E-state index in [9.17, 15) is 0 Å². The average molecular weight is 302 g/mol. The van der Waals surface area contributed by atoms with E-state index in [4.69, 9.17) is 0 Å². The van der Waals surface area contributed by atoms with Gasteiger partial charge in [-0.25, -0.2) is 4.98 Å². The first-order valence-electron chi connectivity index (χ1n) is 5.70. The maximum atomic E-state index is 4.59. The zero-order chi connectivity index (χ0) is 12.5. The van der Waals surface area contributed by atoms with Gasteiger partial charge in [0, 0.05) is 24.5 Å². The Morgan fingerprint density at radius 1 is 1.17 bits per heavy atom. The number of imidazole rings is 1. The highest BCUT2D eigenvalue weighted by molar-refractivity contribution is 9.10. The number of hydrogen-bond donors (Lipinski definition) is 1. The molecule has 4 heteroatoms.